The number of hydrogen-bond donors (Lipinski definition) is 3. The van der Waals surface area contributed by atoms with Crippen LogP contribution in [-0.2, 0) is 9.53 Å². The van der Waals surface area contributed by atoms with Gasteiger partial charge in [0.25, 0.3) is 5.91 Å². The topological polar surface area (TPSA) is 59.4 Å². The molecule has 0 unspecified atom stereocenters. The SMILES string of the molecule is C[C@@H]([NH2+]CC1([NH+]2CCOCC2)CCCCC1)C(=O)Nc1ccc(Cl)cc1Cl. The molecule has 4 N–H and O–H groups in total. The molecule has 0 spiro atoms. The first kappa shape index (κ1) is 20.9. The van der Waals surface area contributed by atoms with Gasteiger partial charge in [0.15, 0.2) is 6.04 Å². The lowest BCUT2D eigenvalue weighted by atomic mass is 9.79. The predicted octanol–water partition coefficient (Wildman–Crippen LogP) is 1.50. The van der Waals surface area contributed by atoms with Crippen molar-refractivity contribution in [2.75, 3.05) is 38.2 Å². The molecule has 0 radical (unpaired) electrons. The van der Waals surface area contributed by atoms with Crippen LogP contribution in [0.1, 0.15) is 39.0 Å². The average molecular weight is 416 g/mol. The van der Waals surface area contributed by atoms with E-state index in [0.29, 0.717) is 15.7 Å². The molecule has 1 atom stereocenters. The molecule has 0 bridgehead atoms. The Kier molecular flexibility index (Phi) is 7.40. The molecule has 27 heavy (non-hydrogen) atoms. The Morgan fingerprint density at radius 3 is 2.63 bits per heavy atom. The third-order valence-corrected chi connectivity index (χ3v) is 6.67. The molecule has 7 heteroatoms. The highest BCUT2D eigenvalue weighted by Gasteiger charge is 2.44. The van der Waals surface area contributed by atoms with Gasteiger partial charge in [0.05, 0.1) is 23.9 Å². The van der Waals surface area contributed by atoms with Gasteiger partial charge < -0.3 is 20.3 Å². The van der Waals surface area contributed by atoms with Gasteiger partial charge in [-0.3, -0.25) is 4.79 Å². The highest BCUT2D eigenvalue weighted by Crippen LogP contribution is 2.26. The van der Waals surface area contributed by atoms with Crippen molar-refractivity contribution in [2.24, 2.45) is 0 Å². The first-order valence-corrected chi connectivity index (χ1v) is 10.8. The van der Waals surface area contributed by atoms with Gasteiger partial charge in [-0.25, -0.2) is 0 Å². The van der Waals surface area contributed by atoms with Gasteiger partial charge in [-0.1, -0.05) is 29.6 Å². The summed E-state index contributed by atoms with van der Waals surface area (Å²) in [5, 5.41) is 6.15. The van der Waals surface area contributed by atoms with Crippen LogP contribution in [-0.4, -0.2) is 50.3 Å². The molecule has 1 aromatic rings. The highest BCUT2D eigenvalue weighted by atomic mass is 35.5. The van der Waals surface area contributed by atoms with Crippen molar-refractivity contribution in [3.63, 3.8) is 0 Å². The van der Waals surface area contributed by atoms with E-state index in [9.17, 15) is 4.79 Å². The lowest BCUT2D eigenvalue weighted by Crippen LogP contribution is -3.25. The molecule has 1 aliphatic heterocycles. The van der Waals surface area contributed by atoms with E-state index < -0.39 is 0 Å². The number of amides is 1. The van der Waals surface area contributed by atoms with Gasteiger partial charge in [-0.05, 0) is 38.0 Å². The lowest BCUT2D eigenvalue weighted by Gasteiger charge is -2.43. The second-order valence-electron chi connectivity index (χ2n) is 7.90. The van der Waals surface area contributed by atoms with Crippen LogP contribution in [0.2, 0.25) is 10.0 Å². The Hall–Kier alpha value is -0.850. The zero-order chi connectivity index (χ0) is 19.3. The number of ether oxygens (including phenoxy) is 1. The molecule has 1 saturated carbocycles. The second kappa shape index (κ2) is 9.57. The van der Waals surface area contributed by atoms with Gasteiger partial charge in [0.1, 0.15) is 25.2 Å². The number of nitrogens with two attached hydrogens (primary N) is 1. The van der Waals surface area contributed by atoms with E-state index in [0.717, 1.165) is 32.8 Å². The quantitative estimate of drug-likeness (QED) is 0.659. The summed E-state index contributed by atoms with van der Waals surface area (Å²) in [4.78, 5) is 14.3. The van der Waals surface area contributed by atoms with Crippen LogP contribution >= 0.6 is 23.2 Å². The zero-order valence-electron chi connectivity index (χ0n) is 16.0. The molecule has 1 amide bonds. The molecule has 150 valence electrons. The number of carbonyl (C=O) groups is 1. The molecule has 1 saturated heterocycles. The number of quaternary nitrogens is 2. The number of rotatable bonds is 6. The minimum Gasteiger partial charge on any atom is -0.370 e. The number of nitrogens with one attached hydrogen (secondary N) is 2. The number of halogens is 2. The maximum atomic E-state index is 12.6. The Morgan fingerprint density at radius 2 is 1.96 bits per heavy atom. The highest BCUT2D eigenvalue weighted by molar-refractivity contribution is 6.36. The monoisotopic (exact) mass is 415 g/mol. The Labute approximate surface area is 171 Å². The Balaban J connectivity index is 1.59. The van der Waals surface area contributed by atoms with Crippen molar-refractivity contribution in [1.82, 2.24) is 0 Å². The third kappa shape index (κ3) is 5.36. The van der Waals surface area contributed by atoms with Crippen LogP contribution in [0.5, 0.6) is 0 Å². The van der Waals surface area contributed by atoms with Crippen molar-refractivity contribution in [1.29, 1.82) is 0 Å². The van der Waals surface area contributed by atoms with Crippen LogP contribution in [0.4, 0.5) is 5.69 Å². The number of morpholine rings is 1. The van der Waals surface area contributed by atoms with E-state index in [4.69, 9.17) is 27.9 Å². The lowest BCUT2D eigenvalue weighted by molar-refractivity contribution is -0.975. The molecule has 1 aliphatic carbocycles. The summed E-state index contributed by atoms with van der Waals surface area (Å²) >= 11 is 12.1. The van der Waals surface area contributed by atoms with Crippen molar-refractivity contribution in [3.05, 3.63) is 28.2 Å². The maximum absolute atomic E-state index is 12.6. The maximum Gasteiger partial charge on any atom is 0.282 e. The fourth-order valence-electron chi connectivity index (χ4n) is 4.43. The molecule has 3 rings (SSSR count). The first-order valence-electron chi connectivity index (χ1n) is 10.0. The molecular formula is C20H31Cl2N3O2+2. The Morgan fingerprint density at radius 1 is 1.26 bits per heavy atom. The van der Waals surface area contributed by atoms with Gasteiger partial charge in [0.2, 0.25) is 0 Å². The van der Waals surface area contributed by atoms with E-state index in [1.165, 1.54) is 32.1 Å². The fraction of sp³-hybridized carbons (Fsp3) is 0.650. The zero-order valence-corrected chi connectivity index (χ0v) is 17.5. The van der Waals surface area contributed by atoms with E-state index in [2.05, 4.69) is 10.6 Å². The first-order chi connectivity index (χ1) is 13.0. The second-order valence-corrected chi connectivity index (χ2v) is 8.74. The van der Waals surface area contributed by atoms with Gasteiger partial charge in [0, 0.05) is 17.9 Å². The molecule has 1 heterocycles. The van der Waals surface area contributed by atoms with E-state index in [1.807, 2.05) is 6.92 Å². The van der Waals surface area contributed by atoms with Crippen molar-refractivity contribution in [2.45, 2.75) is 50.6 Å². The number of anilines is 1. The fourth-order valence-corrected chi connectivity index (χ4v) is 4.88. The number of hydrogen-bond acceptors (Lipinski definition) is 2. The Bertz CT molecular complexity index is 644. The molecule has 1 aromatic carbocycles. The minimum atomic E-state index is -0.170. The van der Waals surface area contributed by atoms with E-state index in [-0.39, 0.29) is 17.5 Å². The van der Waals surface area contributed by atoms with E-state index in [1.54, 1.807) is 23.1 Å². The van der Waals surface area contributed by atoms with Crippen molar-refractivity contribution < 1.29 is 19.7 Å². The molecule has 5 nitrogen and oxygen atoms in total. The van der Waals surface area contributed by atoms with E-state index >= 15 is 0 Å². The largest absolute Gasteiger partial charge is 0.370 e. The van der Waals surface area contributed by atoms with Crippen LogP contribution in [0.3, 0.4) is 0 Å². The minimum absolute atomic E-state index is 0.0258. The normalized spacial score (nSPS) is 21.6. The van der Waals surface area contributed by atoms with Gasteiger partial charge >= 0.3 is 0 Å². The van der Waals surface area contributed by atoms with Crippen LogP contribution in [0, 0.1) is 0 Å². The molecule has 2 fully saturated rings. The van der Waals surface area contributed by atoms with Crippen LogP contribution < -0.4 is 15.5 Å². The summed E-state index contributed by atoms with van der Waals surface area (Å²) in [6, 6.07) is 4.95. The summed E-state index contributed by atoms with van der Waals surface area (Å²) in [6.45, 7) is 6.80. The number of carbonyl (C=O) groups excluding carboxylic acids is 1. The van der Waals surface area contributed by atoms with Gasteiger partial charge in [-0.2, -0.15) is 0 Å². The summed E-state index contributed by atoms with van der Waals surface area (Å²) in [5.74, 6) is -0.0258. The van der Waals surface area contributed by atoms with Crippen LogP contribution in [0.25, 0.3) is 0 Å². The smallest absolute Gasteiger partial charge is 0.282 e. The molecule has 2 aliphatic rings. The summed E-state index contributed by atoms with van der Waals surface area (Å²) in [7, 11) is 0. The summed E-state index contributed by atoms with van der Waals surface area (Å²) in [6.07, 6.45) is 6.40. The predicted molar refractivity (Wildman–Crippen MR) is 109 cm³/mol. The average Bonchev–Trinajstić information content (AvgIpc) is 2.69. The number of benzene rings is 1. The van der Waals surface area contributed by atoms with Crippen LogP contribution in [0.15, 0.2) is 18.2 Å². The van der Waals surface area contributed by atoms with Crippen molar-refractivity contribution in [3.8, 4) is 0 Å². The molecule has 0 aromatic heterocycles. The standard InChI is InChI=1S/C20H29Cl2N3O2/c1-15(19(26)24-18-6-5-16(21)13-17(18)22)23-14-20(7-3-2-4-8-20)25-9-11-27-12-10-25/h5-6,13,15,23H,2-4,7-12,14H2,1H3,(H,24,26)/p+2/t15-/m1/s1. The summed E-state index contributed by atoms with van der Waals surface area (Å²) < 4.78 is 5.57. The molecular weight excluding hydrogens is 385 g/mol. The van der Waals surface area contributed by atoms with Crippen molar-refractivity contribution >= 4 is 34.8 Å². The third-order valence-electron chi connectivity index (χ3n) is 6.12. The summed E-state index contributed by atoms with van der Waals surface area (Å²) in [5.41, 5.74) is 0.881. The van der Waals surface area contributed by atoms with Gasteiger partial charge in [-0.15, -0.1) is 0 Å².